The molecule has 3 aromatic carbocycles. The molecule has 0 bridgehead atoms. The third-order valence-corrected chi connectivity index (χ3v) is 4.89. The number of rotatable bonds is 6. The van der Waals surface area contributed by atoms with Gasteiger partial charge in [-0.15, -0.1) is 0 Å². The van der Waals surface area contributed by atoms with Crippen molar-refractivity contribution in [2.24, 2.45) is 0 Å². The van der Waals surface area contributed by atoms with E-state index in [2.05, 4.69) is 5.32 Å². The van der Waals surface area contributed by atoms with Crippen molar-refractivity contribution < 1.29 is 23.5 Å². The number of carbonyl (C=O) groups excluding carboxylic acids is 2. The highest BCUT2D eigenvalue weighted by Gasteiger charge is 2.40. The van der Waals surface area contributed by atoms with Crippen LogP contribution in [0.2, 0.25) is 0 Å². The van der Waals surface area contributed by atoms with Crippen molar-refractivity contribution in [2.45, 2.75) is 0 Å². The number of ether oxygens (including phenoxy) is 2. The number of nitrogens with one attached hydrogen (secondary N) is 1. The van der Waals surface area contributed by atoms with Crippen molar-refractivity contribution in [2.75, 3.05) is 24.4 Å². The van der Waals surface area contributed by atoms with Crippen LogP contribution in [0.1, 0.15) is 5.56 Å². The highest BCUT2D eigenvalue weighted by atomic mass is 19.1. The minimum atomic E-state index is -0.516. The third kappa shape index (κ3) is 3.85. The number of amides is 2. The van der Waals surface area contributed by atoms with Crippen LogP contribution in [-0.2, 0) is 9.59 Å². The predicted molar refractivity (Wildman–Crippen MR) is 115 cm³/mol. The number of methoxy groups -OCH3 is 2. The normalized spacial score (nSPS) is 13.6. The zero-order chi connectivity index (χ0) is 22.0. The van der Waals surface area contributed by atoms with Gasteiger partial charge < -0.3 is 14.8 Å². The maximum Gasteiger partial charge on any atom is 0.282 e. The molecule has 1 heterocycles. The number of benzene rings is 3. The van der Waals surface area contributed by atoms with E-state index in [1.165, 1.54) is 38.5 Å². The van der Waals surface area contributed by atoms with Gasteiger partial charge in [-0.05, 0) is 54.1 Å². The molecule has 0 atom stereocenters. The van der Waals surface area contributed by atoms with Gasteiger partial charge in [0, 0.05) is 11.8 Å². The van der Waals surface area contributed by atoms with E-state index in [0.717, 1.165) is 4.90 Å². The topological polar surface area (TPSA) is 67.9 Å². The van der Waals surface area contributed by atoms with Gasteiger partial charge in [-0.2, -0.15) is 0 Å². The smallest absolute Gasteiger partial charge is 0.282 e. The molecule has 3 aromatic rings. The number of hydrogen-bond acceptors (Lipinski definition) is 5. The largest absolute Gasteiger partial charge is 0.497 e. The summed E-state index contributed by atoms with van der Waals surface area (Å²) in [6.07, 6.45) is 0. The molecule has 0 fully saturated rings. The van der Waals surface area contributed by atoms with Crippen molar-refractivity contribution in [3.8, 4) is 11.5 Å². The van der Waals surface area contributed by atoms with E-state index >= 15 is 0 Å². The van der Waals surface area contributed by atoms with E-state index in [1.54, 1.807) is 48.5 Å². The Morgan fingerprint density at radius 1 is 0.806 bits per heavy atom. The molecule has 156 valence electrons. The van der Waals surface area contributed by atoms with Crippen LogP contribution in [0, 0.1) is 5.82 Å². The summed E-state index contributed by atoms with van der Waals surface area (Å²) in [5.74, 6) is -0.262. The molecule has 0 aliphatic carbocycles. The first-order valence-corrected chi connectivity index (χ1v) is 9.46. The van der Waals surface area contributed by atoms with E-state index in [1.807, 2.05) is 0 Å². The molecule has 6 nitrogen and oxygen atoms in total. The molecule has 1 aliphatic rings. The highest BCUT2D eigenvalue weighted by Crippen LogP contribution is 2.34. The summed E-state index contributed by atoms with van der Waals surface area (Å²) in [5.41, 5.74) is 1.66. The summed E-state index contributed by atoms with van der Waals surface area (Å²) in [7, 11) is 3.07. The summed E-state index contributed by atoms with van der Waals surface area (Å²) in [5, 5.41) is 3.05. The second-order valence-electron chi connectivity index (χ2n) is 6.76. The third-order valence-electron chi connectivity index (χ3n) is 4.89. The molecule has 7 heteroatoms. The first kappa shape index (κ1) is 20.2. The van der Waals surface area contributed by atoms with E-state index < -0.39 is 17.6 Å². The molecule has 1 N–H and O–H groups in total. The Morgan fingerprint density at radius 2 is 1.48 bits per heavy atom. The maximum atomic E-state index is 13.5. The van der Waals surface area contributed by atoms with Gasteiger partial charge in [0.1, 0.15) is 23.0 Å². The molecule has 1 aliphatic heterocycles. The molecule has 2 amide bonds. The van der Waals surface area contributed by atoms with Gasteiger partial charge in [0.25, 0.3) is 11.8 Å². The fourth-order valence-corrected chi connectivity index (χ4v) is 3.34. The molecular weight excluding hydrogens is 399 g/mol. The van der Waals surface area contributed by atoms with Crippen molar-refractivity contribution >= 4 is 28.8 Å². The number of imide groups is 1. The molecule has 0 unspecified atom stereocenters. The highest BCUT2D eigenvalue weighted by molar-refractivity contribution is 6.46. The standard InChI is InChI=1S/C24H19FN2O4/c1-30-19-12-10-18(11-13-19)27-23(28)21(15-6-8-16(25)9-7-15)22(24(27)29)26-17-4-3-5-20(14-17)31-2/h3-14,26H,1-2H3. The molecule has 0 aromatic heterocycles. The lowest BCUT2D eigenvalue weighted by molar-refractivity contribution is -0.120. The van der Waals surface area contributed by atoms with E-state index in [4.69, 9.17) is 9.47 Å². The van der Waals surface area contributed by atoms with Crippen molar-refractivity contribution in [1.82, 2.24) is 0 Å². The predicted octanol–water partition coefficient (Wildman–Crippen LogP) is 4.24. The minimum Gasteiger partial charge on any atom is -0.497 e. The lowest BCUT2D eigenvalue weighted by Gasteiger charge is -2.16. The first-order valence-electron chi connectivity index (χ1n) is 9.46. The average Bonchev–Trinajstić information content (AvgIpc) is 3.04. The number of nitrogens with zero attached hydrogens (tertiary/aromatic N) is 1. The Balaban J connectivity index is 1.79. The molecule has 0 radical (unpaired) electrons. The maximum absolute atomic E-state index is 13.5. The first-order chi connectivity index (χ1) is 15.0. The van der Waals surface area contributed by atoms with Gasteiger partial charge in [-0.25, -0.2) is 9.29 Å². The van der Waals surface area contributed by atoms with E-state index in [0.29, 0.717) is 28.4 Å². The fourth-order valence-electron chi connectivity index (χ4n) is 3.34. The molecule has 0 saturated heterocycles. The lowest BCUT2D eigenvalue weighted by atomic mass is 10.0. The quantitative estimate of drug-likeness (QED) is 0.607. The van der Waals surface area contributed by atoms with Crippen LogP contribution >= 0.6 is 0 Å². The Hall–Kier alpha value is -4.13. The Morgan fingerprint density at radius 3 is 2.13 bits per heavy atom. The van der Waals surface area contributed by atoms with Crippen molar-refractivity contribution in [1.29, 1.82) is 0 Å². The van der Waals surface area contributed by atoms with Gasteiger partial charge in [0.15, 0.2) is 0 Å². The van der Waals surface area contributed by atoms with Crippen LogP contribution in [0.25, 0.3) is 5.57 Å². The fraction of sp³-hybridized carbons (Fsp3) is 0.0833. The number of hydrogen-bond donors (Lipinski definition) is 1. The molecular formula is C24H19FN2O4. The molecule has 0 spiro atoms. The van der Waals surface area contributed by atoms with Crippen LogP contribution in [0.15, 0.2) is 78.5 Å². The van der Waals surface area contributed by atoms with Crippen LogP contribution in [0.3, 0.4) is 0 Å². The van der Waals surface area contributed by atoms with Gasteiger partial charge >= 0.3 is 0 Å². The Bertz CT molecular complexity index is 1170. The van der Waals surface area contributed by atoms with Gasteiger partial charge in [0.05, 0.1) is 25.5 Å². The SMILES string of the molecule is COc1ccc(N2C(=O)C(Nc3cccc(OC)c3)=C(c3ccc(F)cc3)C2=O)cc1. The number of anilines is 2. The van der Waals surface area contributed by atoms with Gasteiger partial charge in [0.2, 0.25) is 0 Å². The van der Waals surface area contributed by atoms with Crippen molar-refractivity contribution in [3.05, 3.63) is 89.9 Å². The summed E-state index contributed by atoms with van der Waals surface area (Å²) < 4.78 is 23.9. The Kier molecular flexibility index (Phi) is 5.41. The molecule has 0 saturated carbocycles. The monoisotopic (exact) mass is 418 g/mol. The summed E-state index contributed by atoms with van der Waals surface area (Å²) >= 11 is 0. The van der Waals surface area contributed by atoms with Crippen molar-refractivity contribution in [3.63, 3.8) is 0 Å². The van der Waals surface area contributed by atoms with Crippen LogP contribution in [0.5, 0.6) is 11.5 Å². The van der Waals surface area contributed by atoms with E-state index in [-0.39, 0.29) is 11.3 Å². The van der Waals surface area contributed by atoms with Gasteiger partial charge in [-0.3, -0.25) is 9.59 Å². The second kappa shape index (κ2) is 8.31. The molecule has 31 heavy (non-hydrogen) atoms. The Labute approximate surface area is 178 Å². The summed E-state index contributed by atoms with van der Waals surface area (Å²) in [6.45, 7) is 0. The number of carbonyl (C=O) groups is 2. The van der Waals surface area contributed by atoms with Crippen LogP contribution in [0.4, 0.5) is 15.8 Å². The minimum absolute atomic E-state index is 0.0979. The van der Waals surface area contributed by atoms with Crippen LogP contribution < -0.4 is 19.7 Å². The molecule has 4 rings (SSSR count). The van der Waals surface area contributed by atoms with Gasteiger partial charge in [-0.1, -0.05) is 18.2 Å². The van der Waals surface area contributed by atoms with Crippen LogP contribution in [-0.4, -0.2) is 26.0 Å². The summed E-state index contributed by atoms with van der Waals surface area (Å²) in [4.78, 5) is 27.7. The zero-order valence-corrected chi connectivity index (χ0v) is 16.9. The summed E-state index contributed by atoms with van der Waals surface area (Å²) in [6, 6.07) is 19.0. The lowest BCUT2D eigenvalue weighted by Crippen LogP contribution is -2.32. The van der Waals surface area contributed by atoms with E-state index in [9.17, 15) is 14.0 Å². The number of halogens is 1. The average molecular weight is 418 g/mol. The second-order valence-corrected chi connectivity index (χ2v) is 6.76. The zero-order valence-electron chi connectivity index (χ0n) is 16.9.